The minimum atomic E-state index is -1.03. The average Bonchev–Trinajstić information content (AvgIpc) is 3.15. The van der Waals surface area contributed by atoms with Crippen LogP contribution in [0.15, 0.2) is 48.5 Å². The zero-order chi connectivity index (χ0) is 25.5. The number of rotatable bonds is 10. The Morgan fingerprint density at radius 2 is 1.69 bits per heavy atom. The van der Waals surface area contributed by atoms with Crippen LogP contribution in [-0.4, -0.2) is 68.3 Å². The van der Waals surface area contributed by atoms with Crippen LogP contribution in [0.1, 0.15) is 29.3 Å². The van der Waals surface area contributed by atoms with Crippen molar-refractivity contribution in [2.45, 2.75) is 32.1 Å². The molecule has 2 aromatic carbocycles. The average molecular weight is 503 g/mol. The second-order valence-electron chi connectivity index (χ2n) is 7.80. The highest BCUT2D eigenvalue weighted by Crippen LogP contribution is 2.27. The Balaban J connectivity index is 1.84. The Labute approximate surface area is 208 Å². The minimum absolute atomic E-state index is 0.00350. The summed E-state index contributed by atoms with van der Waals surface area (Å²) in [5.41, 5.74) is 1.31. The lowest BCUT2D eigenvalue weighted by atomic mass is 10.1. The summed E-state index contributed by atoms with van der Waals surface area (Å²) in [7, 11) is 2.85. The van der Waals surface area contributed by atoms with Gasteiger partial charge in [0, 0.05) is 19.2 Å². The van der Waals surface area contributed by atoms with Crippen molar-refractivity contribution in [3.05, 3.63) is 64.7 Å². The molecular formula is C25H27ClN2O7. The number of esters is 1. The molecule has 0 bridgehead atoms. The molecule has 1 unspecified atom stereocenters. The van der Waals surface area contributed by atoms with E-state index >= 15 is 0 Å². The number of amides is 3. The van der Waals surface area contributed by atoms with Crippen LogP contribution in [0.5, 0.6) is 0 Å². The minimum Gasteiger partial charge on any atom is -0.462 e. The fraction of sp³-hybridized carbons (Fsp3) is 0.360. The SMILES string of the molecule is CCOC(=O)c1ccc(N2C(=O)CC(N(CC(OC)OC)C(=O)Cc3ccc(Cl)cc3)C2=O)cc1. The van der Waals surface area contributed by atoms with Gasteiger partial charge < -0.3 is 19.1 Å². The highest BCUT2D eigenvalue weighted by molar-refractivity contribution is 6.30. The number of ether oxygens (including phenoxy) is 3. The lowest BCUT2D eigenvalue weighted by Crippen LogP contribution is -2.49. The van der Waals surface area contributed by atoms with E-state index in [1.165, 1.54) is 43.4 Å². The van der Waals surface area contributed by atoms with Crippen LogP contribution in [0.4, 0.5) is 5.69 Å². The number of benzene rings is 2. The summed E-state index contributed by atoms with van der Waals surface area (Å²) in [6.45, 7) is 1.89. The topological polar surface area (TPSA) is 102 Å². The van der Waals surface area contributed by atoms with Gasteiger partial charge in [0.2, 0.25) is 11.8 Å². The van der Waals surface area contributed by atoms with Gasteiger partial charge in [-0.1, -0.05) is 23.7 Å². The fourth-order valence-electron chi connectivity index (χ4n) is 3.78. The zero-order valence-corrected chi connectivity index (χ0v) is 20.5. The van der Waals surface area contributed by atoms with E-state index in [2.05, 4.69) is 0 Å². The molecule has 1 atom stereocenters. The predicted octanol–water partition coefficient (Wildman–Crippen LogP) is 2.84. The number of carbonyl (C=O) groups is 4. The Kier molecular flexibility index (Phi) is 8.97. The van der Waals surface area contributed by atoms with Crippen molar-refractivity contribution in [3.63, 3.8) is 0 Å². The van der Waals surface area contributed by atoms with Crippen molar-refractivity contribution in [2.75, 3.05) is 32.3 Å². The van der Waals surface area contributed by atoms with E-state index < -0.39 is 30.1 Å². The van der Waals surface area contributed by atoms with Crippen molar-refractivity contribution in [3.8, 4) is 0 Å². The van der Waals surface area contributed by atoms with E-state index in [1.807, 2.05) is 0 Å². The summed E-state index contributed by atoms with van der Waals surface area (Å²) in [5.74, 6) is -1.87. The van der Waals surface area contributed by atoms with Crippen LogP contribution in [-0.2, 0) is 35.0 Å². The van der Waals surface area contributed by atoms with Crippen LogP contribution in [0, 0.1) is 0 Å². The number of anilines is 1. The van der Waals surface area contributed by atoms with Gasteiger partial charge in [0.1, 0.15) is 6.04 Å². The molecule has 0 N–H and O–H groups in total. The Bertz CT molecular complexity index is 1070. The second kappa shape index (κ2) is 11.9. The van der Waals surface area contributed by atoms with E-state index in [1.54, 1.807) is 31.2 Å². The van der Waals surface area contributed by atoms with E-state index in [0.717, 1.165) is 4.90 Å². The highest BCUT2D eigenvalue weighted by Gasteiger charge is 2.45. The molecule has 0 radical (unpaired) electrons. The number of halogens is 1. The maximum atomic E-state index is 13.4. The molecule has 3 rings (SSSR count). The van der Waals surface area contributed by atoms with Gasteiger partial charge in [-0.3, -0.25) is 14.4 Å². The first-order valence-electron chi connectivity index (χ1n) is 11.0. The smallest absolute Gasteiger partial charge is 0.338 e. The summed E-state index contributed by atoms with van der Waals surface area (Å²) < 4.78 is 15.5. The Morgan fingerprint density at radius 1 is 1.06 bits per heavy atom. The molecule has 186 valence electrons. The van der Waals surface area contributed by atoms with Gasteiger partial charge in [-0.25, -0.2) is 9.69 Å². The Hall–Kier alpha value is -3.27. The van der Waals surface area contributed by atoms with Gasteiger partial charge in [0.15, 0.2) is 6.29 Å². The molecular weight excluding hydrogens is 476 g/mol. The third kappa shape index (κ3) is 6.25. The fourth-order valence-corrected chi connectivity index (χ4v) is 3.90. The van der Waals surface area contributed by atoms with Crippen molar-refractivity contribution in [1.82, 2.24) is 4.90 Å². The molecule has 1 aliphatic rings. The number of hydrogen-bond donors (Lipinski definition) is 0. The van der Waals surface area contributed by atoms with E-state index in [4.69, 9.17) is 25.8 Å². The van der Waals surface area contributed by atoms with Crippen LogP contribution in [0.3, 0.4) is 0 Å². The number of methoxy groups -OCH3 is 2. The van der Waals surface area contributed by atoms with Gasteiger partial charge in [-0.05, 0) is 48.9 Å². The van der Waals surface area contributed by atoms with E-state index in [9.17, 15) is 19.2 Å². The summed E-state index contributed by atoms with van der Waals surface area (Å²) in [5, 5.41) is 0.540. The molecule has 1 aliphatic heterocycles. The molecule has 1 fully saturated rings. The molecule has 9 nitrogen and oxygen atoms in total. The van der Waals surface area contributed by atoms with Gasteiger partial charge in [0.25, 0.3) is 5.91 Å². The summed E-state index contributed by atoms with van der Waals surface area (Å²) in [4.78, 5) is 53.7. The standard InChI is InChI=1S/C25H27ClN2O7/c1-4-35-25(32)17-7-11-19(12-8-17)28-22(30)14-20(24(28)31)27(15-23(33-2)34-3)21(29)13-16-5-9-18(26)10-6-16/h5-12,20,23H,4,13-15H2,1-3H3. The third-order valence-corrected chi connectivity index (χ3v) is 5.85. The quantitative estimate of drug-likeness (QED) is 0.279. The van der Waals surface area contributed by atoms with Gasteiger partial charge in [-0.2, -0.15) is 0 Å². The normalized spacial score (nSPS) is 15.6. The molecule has 0 spiro atoms. The molecule has 0 aliphatic carbocycles. The number of carbonyl (C=O) groups excluding carboxylic acids is 4. The summed E-state index contributed by atoms with van der Waals surface area (Å²) >= 11 is 5.93. The van der Waals surface area contributed by atoms with Crippen molar-refractivity contribution in [2.24, 2.45) is 0 Å². The molecule has 3 amide bonds. The summed E-state index contributed by atoms with van der Waals surface area (Å²) in [6.07, 6.45) is -0.973. The predicted molar refractivity (Wildman–Crippen MR) is 128 cm³/mol. The summed E-state index contributed by atoms with van der Waals surface area (Å²) in [6, 6.07) is 11.7. The number of imide groups is 1. The molecule has 0 saturated carbocycles. The molecule has 2 aromatic rings. The van der Waals surface area contributed by atoms with Gasteiger partial charge in [0.05, 0.1) is 37.2 Å². The van der Waals surface area contributed by atoms with Crippen LogP contribution in [0.25, 0.3) is 0 Å². The molecule has 10 heteroatoms. The molecule has 0 aromatic heterocycles. The Morgan fingerprint density at radius 3 is 2.26 bits per heavy atom. The second-order valence-corrected chi connectivity index (χ2v) is 8.24. The zero-order valence-electron chi connectivity index (χ0n) is 19.7. The van der Waals surface area contributed by atoms with Crippen LogP contribution in [0.2, 0.25) is 5.02 Å². The van der Waals surface area contributed by atoms with E-state index in [0.29, 0.717) is 21.8 Å². The van der Waals surface area contributed by atoms with Crippen LogP contribution >= 0.6 is 11.6 Å². The number of hydrogen-bond acceptors (Lipinski definition) is 7. The molecule has 35 heavy (non-hydrogen) atoms. The highest BCUT2D eigenvalue weighted by atomic mass is 35.5. The lowest BCUT2D eigenvalue weighted by molar-refractivity contribution is -0.152. The van der Waals surface area contributed by atoms with Crippen molar-refractivity contribution < 1.29 is 33.4 Å². The largest absolute Gasteiger partial charge is 0.462 e. The first kappa shape index (κ1) is 26.3. The van der Waals surface area contributed by atoms with Gasteiger partial charge in [-0.15, -0.1) is 0 Å². The van der Waals surface area contributed by atoms with Crippen molar-refractivity contribution >= 4 is 41.0 Å². The number of nitrogens with zero attached hydrogens (tertiary/aromatic N) is 2. The first-order chi connectivity index (χ1) is 16.8. The van der Waals surface area contributed by atoms with E-state index in [-0.39, 0.29) is 31.9 Å². The first-order valence-corrected chi connectivity index (χ1v) is 11.4. The maximum absolute atomic E-state index is 13.4. The lowest BCUT2D eigenvalue weighted by Gasteiger charge is -2.30. The molecule has 1 saturated heterocycles. The third-order valence-electron chi connectivity index (χ3n) is 5.60. The van der Waals surface area contributed by atoms with Crippen LogP contribution < -0.4 is 4.90 Å². The monoisotopic (exact) mass is 502 g/mol. The maximum Gasteiger partial charge on any atom is 0.338 e. The van der Waals surface area contributed by atoms with Crippen molar-refractivity contribution in [1.29, 1.82) is 0 Å². The molecule has 1 heterocycles. The van der Waals surface area contributed by atoms with Gasteiger partial charge >= 0.3 is 5.97 Å².